The van der Waals surface area contributed by atoms with Crippen LogP contribution in [-0.4, -0.2) is 58.6 Å². The molecule has 1 aliphatic heterocycles. The van der Waals surface area contributed by atoms with Crippen LogP contribution in [0.1, 0.15) is 29.5 Å². The van der Waals surface area contributed by atoms with E-state index in [2.05, 4.69) is 77.1 Å². The molecular weight excluding hydrogens is 410 g/mol. The molecule has 8 nitrogen and oxygen atoms in total. The van der Waals surface area contributed by atoms with Crippen molar-refractivity contribution in [2.24, 2.45) is 0 Å². The van der Waals surface area contributed by atoms with Crippen LogP contribution in [0, 0.1) is 6.92 Å². The van der Waals surface area contributed by atoms with Crippen molar-refractivity contribution in [3.05, 3.63) is 71.3 Å². The van der Waals surface area contributed by atoms with Crippen LogP contribution in [0.3, 0.4) is 0 Å². The molecule has 32 heavy (non-hydrogen) atoms. The van der Waals surface area contributed by atoms with Gasteiger partial charge in [-0.15, -0.1) is 0 Å². The first-order valence-electron chi connectivity index (χ1n) is 10.6. The van der Waals surface area contributed by atoms with Gasteiger partial charge in [-0.3, -0.25) is 9.69 Å². The number of likely N-dealkylation sites (tertiary alicyclic amines) is 1. The molecule has 2 aromatic rings. The third kappa shape index (κ3) is 9.72. The number of aliphatic carboxylic acids is 2. The predicted molar refractivity (Wildman–Crippen MR) is 121 cm³/mol. The normalized spacial score (nSPS) is 14.2. The Morgan fingerprint density at radius 1 is 0.906 bits per heavy atom. The second kappa shape index (κ2) is 13.2. The van der Waals surface area contributed by atoms with Crippen LogP contribution in [0.4, 0.5) is 0 Å². The molecule has 3 rings (SSSR count). The number of benzene rings is 2. The minimum Gasteiger partial charge on any atom is -0.473 e. The Bertz CT molecular complexity index is 851. The first-order chi connectivity index (χ1) is 15.3. The summed E-state index contributed by atoms with van der Waals surface area (Å²) in [6.07, 6.45) is 2.19. The lowest BCUT2D eigenvalue weighted by Gasteiger charge is -2.32. The van der Waals surface area contributed by atoms with E-state index in [1.54, 1.807) is 0 Å². The molecule has 172 valence electrons. The summed E-state index contributed by atoms with van der Waals surface area (Å²) in [4.78, 5) is 32.7. The van der Waals surface area contributed by atoms with Gasteiger partial charge in [-0.2, -0.15) is 0 Å². The van der Waals surface area contributed by atoms with Gasteiger partial charge in [0.25, 0.3) is 0 Å². The fraction of sp³-hybridized carbons (Fsp3) is 0.375. The van der Waals surface area contributed by atoms with Crippen LogP contribution in [0.2, 0.25) is 0 Å². The number of aryl methyl sites for hydroxylation is 1. The van der Waals surface area contributed by atoms with E-state index in [1.165, 1.54) is 11.1 Å². The fourth-order valence-corrected chi connectivity index (χ4v) is 3.34. The Hall–Kier alpha value is -3.23. The van der Waals surface area contributed by atoms with Gasteiger partial charge in [0.2, 0.25) is 5.91 Å². The number of nitrogens with zero attached hydrogens (tertiary/aromatic N) is 1. The van der Waals surface area contributed by atoms with Crippen molar-refractivity contribution in [2.75, 3.05) is 19.6 Å². The van der Waals surface area contributed by atoms with Gasteiger partial charge in [0.05, 0.1) is 6.54 Å². The smallest absolute Gasteiger partial charge is 0.414 e. The van der Waals surface area contributed by atoms with Crippen LogP contribution in [0.5, 0.6) is 0 Å². The molecule has 8 heteroatoms. The Morgan fingerprint density at radius 2 is 1.50 bits per heavy atom. The molecule has 2 aromatic carbocycles. The summed E-state index contributed by atoms with van der Waals surface area (Å²) >= 11 is 0. The van der Waals surface area contributed by atoms with Crippen LogP contribution in [0.15, 0.2) is 54.6 Å². The zero-order valence-corrected chi connectivity index (χ0v) is 18.3. The zero-order chi connectivity index (χ0) is 23.3. The minimum absolute atomic E-state index is 0.0669. The lowest BCUT2D eigenvalue weighted by atomic mass is 10.0. The summed E-state index contributed by atoms with van der Waals surface area (Å²) < 4.78 is 0. The number of hydrogen-bond acceptors (Lipinski definition) is 5. The fourth-order valence-electron chi connectivity index (χ4n) is 3.34. The van der Waals surface area contributed by atoms with E-state index < -0.39 is 11.9 Å². The number of carboxylic acids is 2. The third-order valence-corrected chi connectivity index (χ3v) is 5.18. The van der Waals surface area contributed by atoms with Crippen molar-refractivity contribution < 1.29 is 24.6 Å². The van der Waals surface area contributed by atoms with E-state index in [0.29, 0.717) is 19.1 Å². The zero-order valence-electron chi connectivity index (χ0n) is 18.3. The van der Waals surface area contributed by atoms with E-state index in [9.17, 15) is 4.79 Å². The maximum Gasteiger partial charge on any atom is 0.414 e. The van der Waals surface area contributed by atoms with Gasteiger partial charge in [-0.05, 0) is 44.0 Å². The van der Waals surface area contributed by atoms with E-state index in [-0.39, 0.29) is 5.91 Å². The topological polar surface area (TPSA) is 119 Å². The number of rotatable bonds is 7. The summed E-state index contributed by atoms with van der Waals surface area (Å²) in [5, 5.41) is 21.2. The van der Waals surface area contributed by atoms with Crippen LogP contribution in [-0.2, 0) is 27.5 Å². The van der Waals surface area contributed by atoms with Crippen molar-refractivity contribution in [2.45, 2.75) is 38.9 Å². The molecule has 0 aliphatic carbocycles. The van der Waals surface area contributed by atoms with Crippen molar-refractivity contribution in [3.8, 4) is 0 Å². The SMILES string of the molecule is Cc1ccc(CNC(=O)CNC2CCN(Cc3ccccc3)CC2)cc1.O=C(O)C(=O)O. The molecule has 1 heterocycles. The van der Waals surface area contributed by atoms with Gasteiger partial charge in [-0.25, -0.2) is 9.59 Å². The first-order valence-corrected chi connectivity index (χ1v) is 10.6. The van der Waals surface area contributed by atoms with Gasteiger partial charge in [-0.1, -0.05) is 60.2 Å². The standard InChI is InChI=1S/C22H29N3O.C2H2O4/c1-18-7-9-19(10-8-18)15-24-22(26)16-23-21-11-13-25(14-12-21)17-20-5-3-2-4-6-20;3-1(4)2(5)6/h2-10,21,23H,11-17H2,1H3,(H,24,26);(H,3,4)(H,5,6). The number of amides is 1. The van der Waals surface area contributed by atoms with Crippen LogP contribution < -0.4 is 10.6 Å². The quantitative estimate of drug-likeness (QED) is 0.486. The number of carboxylic acid groups (broad SMARTS) is 2. The van der Waals surface area contributed by atoms with E-state index in [1.807, 2.05) is 0 Å². The second-order valence-corrected chi connectivity index (χ2v) is 7.79. The van der Waals surface area contributed by atoms with E-state index >= 15 is 0 Å². The van der Waals surface area contributed by atoms with Gasteiger partial charge in [0, 0.05) is 19.1 Å². The lowest BCUT2D eigenvalue weighted by Crippen LogP contribution is -2.45. The molecule has 0 bridgehead atoms. The largest absolute Gasteiger partial charge is 0.473 e. The summed E-state index contributed by atoms with van der Waals surface area (Å²) in [5.41, 5.74) is 3.74. The Labute approximate surface area is 188 Å². The number of carbonyl (C=O) groups excluding carboxylic acids is 1. The summed E-state index contributed by atoms with van der Waals surface area (Å²) in [6.45, 7) is 6.24. The van der Waals surface area contributed by atoms with Gasteiger partial charge in [0.15, 0.2) is 0 Å². The van der Waals surface area contributed by atoms with Crippen molar-refractivity contribution in [3.63, 3.8) is 0 Å². The molecule has 0 unspecified atom stereocenters. The molecule has 0 spiro atoms. The Morgan fingerprint density at radius 3 is 2.06 bits per heavy atom. The highest BCUT2D eigenvalue weighted by Gasteiger charge is 2.19. The molecule has 1 fully saturated rings. The van der Waals surface area contributed by atoms with Crippen LogP contribution >= 0.6 is 0 Å². The highest BCUT2D eigenvalue weighted by molar-refractivity contribution is 6.27. The average Bonchev–Trinajstić information content (AvgIpc) is 2.79. The van der Waals surface area contributed by atoms with Crippen molar-refractivity contribution in [1.82, 2.24) is 15.5 Å². The Balaban J connectivity index is 0.000000534. The molecule has 1 aliphatic rings. The van der Waals surface area contributed by atoms with Gasteiger partial charge >= 0.3 is 11.9 Å². The summed E-state index contributed by atoms with van der Waals surface area (Å²) in [6, 6.07) is 19.3. The summed E-state index contributed by atoms with van der Waals surface area (Å²) in [7, 11) is 0. The molecule has 0 radical (unpaired) electrons. The number of piperidine rings is 1. The van der Waals surface area contributed by atoms with Gasteiger partial charge < -0.3 is 20.8 Å². The molecule has 0 atom stereocenters. The van der Waals surface area contributed by atoms with Crippen LogP contribution in [0.25, 0.3) is 0 Å². The minimum atomic E-state index is -1.82. The Kier molecular flexibility index (Phi) is 10.4. The molecule has 4 N–H and O–H groups in total. The highest BCUT2D eigenvalue weighted by atomic mass is 16.4. The molecule has 0 saturated carbocycles. The number of hydrogen-bond donors (Lipinski definition) is 4. The number of nitrogens with one attached hydrogen (secondary N) is 2. The lowest BCUT2D eigenvalue weighted by molar-refractivity contribution is -0.159. The predicted octanol–water partition coefficient (Wildman–Crippen LogP) is 2.02. The molecule has 1 amide bonds. The van der Waals surface area contributed by atoms with E-state index in [0.717, 1.165) is 38.0 Å². The highest BCUT2D eigenvalue weighted by Crippen LogP contribution is 2.13. The van der Waals surface area contributed by atoms with E-state index in [4.69, 9.17) is 19.8 Å². The maximum atomic E-state index is 12.0. The second-order valence-electron chi connectivity index (χ2n) is 7.79. The van der Waals surface area contributed by atoms with Crippen molar-refractivity contribution in [1.29, 1.82) is 0 Å². The number of carbonyl (C=O) groups is 3. The molecular formula is C24H31N3O5. The van der Waals surface area contributed by atoms with Crippen molar-refractivity contribution >= 4 is 17.8 Å². The third-order valence-electron chi connectivity index (χ3n) is 5.18. The molecule has 1 saturated heterocycles. The molecule has 0 aromatic heterocycles. The maximum absolute atomic E-state index is 12.0. The average molecular weight is 442 g/mol. The monoisotopic (exact) mass is 441 g/mol. The first kappa shape index (κ1) is 25.0. The summed E-state index contributed by atoms with van der Waals surface area (Å²) in [5.74, 6) is -3.58. The van der Waals surface area contributed by atoms with Gasteiger partial charge in [0.1, 0.15) is 0 Å².